The Bertz CT molecular complexity index is 593. The van der Waals surface area contributed by atoms with Gasteiger partial charge in [0.2, 0.25) is 0 Å². The summed E-state index contributed by atoms with van der Waals surface area (Å²) in [6.07, 6.45) is 6.51. The molecule has 0 amide bonds. The molecule has 0 bridgehead atoms. The number of fused-ring (bicyclic) bond motifs is 1. The molecule has 21 heavy (non-hydrogen) atoms. The Labute approximate surface area is 135 Å². The van der Waals surface area contributed by atoms with E-state index in [1.807, 2.05) is 0 Å². The molecule has 2 aromatic carbocycles. The van der Waals surface area contributed by atoms with Crippen molar-refractivity contribution in [2.45, 2.75) is 38.1 Å². The first-order valence-electron chi connectivity index (χ1n) is 7.88. The summed E-state index contributed by atoms with van der Waals surface area (Å²) in [5.74, 6) is 0.939. The highest BCUT2D eigenvalue weighted by Crippen LogP contribution is 2.33. The molecule has 0 aromatic heterocycles. The Morgan fingerprint density at radius 1 is 1.10 bits per heavy atom. The van der Waals surface area contributed by atoms with Crippen LogP contribution in [0.4, 0.5) is 0 Å². The van der Waals surface area contributed by atoms with Crippen molar-refractivity contribution in [1.29, 1.82) is 0 Å². The first-order valence-corrected chi connectivity index (χ1v) is 8.67. The molecule has 0 radical (unpaired) electrons. The summed E-state index contributed by atoms with van der Waals surface area (Å²) in [6.45, 7) is 1.81. The standard InChI is InChI=1S/C18H22BrNO/c19-18-16-9-4-1-6-14(16)10-11-17(18)21-13-5-12-20-15-7-2-3-8-15/h1,4,6,9-11,15,20H,2-3,5,7-8,12-13H2. The maximum absolute atomic E-state index is 5.92. The fourth-order valence-electron chi connectivity index (χ4n) is 3.02. The normalized spacial score (nSPS) is 15.7. The SMILES string of the molecule is Brc1c(OCCCNC2CCCC2)ccc2ccccc12. The van der Waals surface area contributed by atoms with Gasteiger partial charge in [-0.1, -0.05) is 43.2 Å². The fraction of sp³-hybridized carbons (Fsp3) is 0.444. The molecule has 2 aromatic rings. The fourth-order valence-corrected chi connectivity index (χ4v) is 3.62. The molecule has 3 rings (SSSR count). The van der Waals surface area contributed by atoms with E-state index in [0.717, 1.165) is 35.8 Å². The van der Waals surface area contributed by atoms with Crippen molar-refractivity contribution in [3.63, 3.8) is 0 Å². The summed E-state index contributed by atoms with van der Waals surface area (Å²) in [5, 5.41) is 6.06. The molecule has 1 N–H and O–H groups in total. The maximum Gasteiger partial charge on any atom is 0.134 e. The van der Waals surface area contributed by atoms with Crippen LogP contribution < -0.4 is 10.1 Å². The summed E-state index contributed by atoms with van der Waals surface area (Å²) in [7, 11) is 0. The first-order chi connectivity index (χ1) is 10.3. The van der Waals surface area contributed by atoms with Crippen molar-refractivity contribution in [3.05, 3.63) is 40.9 Å². The van der Waals surface area contributed by atoms with Crippen LogP contribution in [0.15, 0.2) is 40.9 Å². The minimum Gasteiger partial charge on any atom is -0.492 e. The summed E-state index contributed by atoms with van der Waals surface area (Å²) >= 11 is 3.66. The van der Waals surface area contributed by atoms with Crippen molar-refractivity contribution >= 4 is 26.7 Å². The smallest absolute Gasteiger partial charge is 0.134 e. The predicted octanol–water partition coefficient (Wildman–Crippen LogP) is 4.90. The average molecular weight is 348 g/mol. The molecule has 3 heteroatoms. The lowest BCUT2D eigenvalue weighted by atomic mass is 10.1. The van der Waals surface area contributed by atoms with Gasteiger partial charge >= 0.3 is 0 Å². The summed E-state index contributed by atoms with van der Waals surface area (Å²) in [5.41, 5.74) is 0. The molecule has 0 unspecified atom stereocenters. The Balaban J connectivity index is 1.49. The van der Waals surface area contributed by atoms with Gasteiger partial charge in [-0.3, -0.25) is 0 Å². The van der Waals surface area contributed by atoms with Crippen molar-refractivity contribution in [1.82, 2.24) is 5.32 Å². The highest BCUT2D eigenvalue weighted by molar-refractivity contribution is 9.10. The number of nitrogens with one attached hydrogen (secondary N) is 1. The molecule has 112 valence electrons. The molecule has 0 atom stereocenters. The molecule has 0 saturated heterocycles. The Morgan fingerprint density at radius 2 is 1.90 bits per heavy atom. The second-order valence-electron chi connectivity index (χ2n) is 5.74. The van der Waals surface area contributed by atoms with E-state index in [4.69, 9.17) is 4.74 Å². The van der Waals surface area contributed by atoms with Crippen LogP contribution in [0.2, 0.25) is 0 Å². The van der Waals surface area contributed by atoms with E-state index in [0.29, 0.717) is 0 Å². The highest BCUT2D eigenvalue weighted by atomic mass is 79.9. The van der Waals surface area contributed by atoms with Gasteiger partial charge in [0.15, 0.2) is 0 Å². The van der Waals surface area contributed by atoms with Crippen LogP contribution in [0.1, 0.15) is 32.1 Å². The van der Waals surface area contributed by atoms with Gasteiger partial charge in [0.25, 0.3) is 0 Å². The highest BCUT2D eigenvalue weighted by Gasteiger charge is 2.13. The number of hydrogen-bond acceptors (Lipinski definition) is 2. The van der Waals surface area contributed by atoms with Crippen molar-refractivity contribution in [2.75, 3.05) is 13.2 Å². The van der Waals surface area contributed by atoms with E-state index in [1.165, 1.54) is 36.5 Å². The van der Waals surface area contributed by atoms with Gasteiger partial charge in [0, 0.05) is 6.04 Å². The summed E-state index contributed by atoms with van der Waals surface area (Å²) in [4.78, 5) is 0. The van der Waals surface area contributed by atoms with Crippen LogP contribution in [0.5, 0.6) is 5.75 Å². The Morgan fingerprint density at radius 3 is 2.76 bits per heavy atom. The molecule has 1 aliphatic rings. The minimum absolute atomic E-state index is 0.748. The number of ether oxygens (including phenoxy) is 1. The molecular weight excluding hydrogens is 326 g/mol. The molecule has 1 fully saturated rings. The van der Waals surface area contributed by atoms with Crippen molar-refractivity contribution in [2.24, 2.45) is 0 Å². The zero-order chi connectivity index (χ0) is 14.5. The van der Waals surface area contributed by atoms with Gasteiger partial charge in [-0.05, 0) is 58.6 Å². The average Bonchev–Trinajstić information content (AvgIpc) is 3.03. The molecule has 0 aliphatic heterocycles. The van der Waals surface area contributed by atoms with Crippen LogP contribution in [0.3, 0.4) is 0 Å². The monoisotopic (exact) mass is 347 g/mol. The Kier molecular flexibility index (Phi) is 5.15. The van der Waals surface area contributed by atoms with Gasteiger partial charge in [-0.2, -0.15) is 0 Å². The number of benzene rings is 2. The molecule has 2 nitrogen and oxygen atoms in total. The van der Waals surface area contributed by atoms with Gasteiger partial charge in [0.1, 0.15) is 5.75 Å². The van der Waals surface area contributed by atoms with Gasteiger partial charge in [0.05, 0.1) is 11.1 Å². The Hall–Kier alpha value is -1.06. The molecule has 0 heterocycles. The second kappa shape index (κ2) is 7.28. The van der Waals surface area contributed by atoms with E-state index in [-0.39, 0.29) is 0 Å². The summed E-state index contributed by atoms with van der Waals surface area (Å²) in [6, 6.07) is 13.3. The minimum atomic E-state index is 0.748. The van der Waals surface area contributed by atoms with Crippen molar-refractivity contribution < 1.29 is 4.74 Å². The van der Waals surface area contributed by atoms with E-state index in [2.05, 4.69) is 57.6 Å². The predicted molar refractivity (Wildman–Crippen MR) is 92.0 cm³/mol. The topological polar surface area (TPSA) is 21.3 Å². The van der Waals surface area contributed by atoms with Gasteiger partial charge < -0.3 is 10.1 Å². The molecule has 0 spiro atoms. The second-order valence-corrected chi connectivity index (χ2v) is 6.53. The van der Waals surface area contributed by atoms with E-state index < -0.39 is 0 Å². The van der Waals surface area contributed by atoms with Crippen molar-refractivity contribution in [3.8, 4) is 5.75 Å². The zero-order valence-electron chi connectivity index (χ0n) is 12.3. The molecule has 1 saturated carbocycles. The molecular formula is C18H22BrNO. The molecule has 1 aliphatic carbocycles. The van der Waals surface area contributed by atoms with Crippen LogP contribution in [0.25, 0.3) is 10.8 Å². The van der Waals surface area contributed by atoms with Crippen LogP contribution in [0, 0.1) is 0 Å². The van der Waals surface area contributed by atoms with Crippen LogP contribution in [-0.2, 0) is 0 Å². The summed E-state index contributed by atoms with van der Waals surface area (Å²) < 4.78 is 6.98. The van der Waals surface area contributed by atoms with Gasteiger partial charge in [-0.25, -0.2) is 0 Å². The maximum atomic E-state index is 5.92. The number of halogens is 1. The third-order valence-corrected chi connectivity index (χ3v) is 5.01. The quantitative estimate of drug-likeness (QED) is 0.750. The number of hydrogen-bond donors (Lipinski definition) is 1. The lowest BCUT2D eigenvalue weighted by Crippen LogP contribution is -2.27. The lowest BCUT2D eigenvalue weighted by Gasteiger charge is -2.13. The van der Waals surface area contributed by atoms with Crippen LogP contribution in [-0.4, -0.2) is 19.2 Å². The first kappa shape index (κ1) is 14.9. The van der Waals surface area contributed by atoms with E-state index in [1.54, 1.807) is 0 Å². The van der Waals surface area contributed by atoms with Gasteiger partial charge in [-0.15, -0.1) is 0 Å². The van der Waals surface area contributed by atoms with E-state index in [9.17, 15) is 0 Å². The number of rotatable bonds is 6. The zero-order valence-corrected chi connectivity index (χ0v) is 13.9. The van der Waals surface area contributed by atoms with E-state index >= 15 is 0 Å². The lowest BCUT2D eigenvalue weighted by molar-refractivity contribution is 0.303. The third-order valence-electron chi connectivity index (χ3n) is 4.19. The third kappa shape index (κ3) is 3.78. The largest absolute Gasteiger partial charge is 0.492 e. The van der Waals surface area contributed by atoms with Crippen LogP contribution >= 0.6 is 15.9 Å².